The second kappa shape index (κ2) is 5.03. The molecule has 4 nitrogen and oxygen atoms in total. The molecule has 0 aromatic carbocycles. The third kappa shape index (κ3) is 2.23. The van der Waals surface area contributed by atoms with Gasteiger partial charge in [0, 0.05) is 36.8 Å². The number of amides is 1. The standard InChI is InChI=1S/C15H19N3O/c1-2-3-11-5-7-18(15(11)19)10-12-8-17-14-9-16-6-4-13(12)14/h4,6,8-9,11,17H,2-3,5,7,10H2,1H3. The molecule has 1 fully saturated rings. The monoisotopic (exact) mass is 257 g/mol. The van der Waals surface area contributed by atoms with E-state index in [2.05, 4.69) is 16.9 Å². The predicted molar refractivity (Wildman–Crippen MR) is 74.5 cm³/mol. The van der Waals surface area contributed by atoms with Crippen LogP contribution >= 0.6 is 0 Å². The highest BCUT2D eigenvalue weighted by atomic mass is 16.2. The molecule has 2 aromatic rings. The minimum Gasteiger partial charge on any atom is -0.360 e. The van der Waals surface area contributed by atoms with Crippen molar-refractivity contribution >= 4 is 16.8 Å². The number of likely N-dealkylation sites (tertiary alicyclic amines) is 1. The average molecular weight is 257 g/mol. The SMILES string of the molecule is CCCC1CCN(Cc2c[nH]c3cnccc23)C1=O. The summed E-state index contributed by atoms with van der Waals surface area (Å²) >= 11 is 0. The third-order valence-electron chi connectivity index (χ3n) is 3.98. The first-order valence-corrected chi connectivity index (χ1v) is 6.98. The first-order valence-electron chi connectivity index (χ1n) is 6.98. The van der Waals surface area contributed by atoms with Gasteiger partial charge in [-0.2, -0.15) is 0 Å². The topological polar surface area (TPSA) is 49.0 Å². The lowest BCUT2D eigenvalue weighted by Crippen LogP contribution is -2.26. The molecule has 19 heavy (non-hydrogen) atoms. The third-order valence-corrected chi connectivity index (χ3v) is 3.98. The van der Waals surface area contributed by atoms with Gasteiger partial charge >= 0.3 is 0 Å². The Morgan fingerprint density at radius 2 is 2.42 bits per heavy atom. The lowest BCUT2D eigenvalue weighted by Gasteiger charge is -2.16. The van der Waals surface area contributed by atoms with Crippen LogP contribution in [0.2, 0.25) is 0 Å². The number of fused-ring (bicyclic) bond motifs is 1. The molecule has 1 atom stereocenters. The molecule has 0 bridgehead atoms. The molecular formula is C15H19N3O. The number of H-pyrrole nitrogens is 1. The highest BCUT2D eigenvalue weighted by Gasteiger charge is 2.30. The van der Waals surface area contributed by atoms with E-state index in [1.165, 1.54) is 10.9 Å². The van der Waals surface area contributed by atoms with Crippen LogP contribution in [0, 0.1) is 5.92 Å². The number of pyridine rings is 1. The van der Waals surface area contributed by atoms with Crippen molar-refractivity contribution < 1.29 is 4.79 Å². The van der Waals surface area contributed by atoms with Crippen LogP contribution in [-0.4, -0.2) is 27.3 Å². The van der Waals surface area contributed by atoms with Gasteiger partial charge in [0.15, 0.2) is 0 Å². The number of carbonyl (C=O) groups excluding carboxylic acids is 1. The zero-order valence-corrected chi connectivity index (χ0v) is 11.2. The summed E-state index contributed by atoms with van der Waals surface area (Å²) in [4.78, 5) is 21.6. The quantitative estimate of drug-likeness (QED) is 0.915. The van der Waals surface area contributed by atoms with E-state index in [1.807, 2.05) is 23.4 Å². The van der Waals surface area contributed by atoms with E-state index in [9.17, 15) is 4.79 Å². The molecule has 1 amide bonds. The summed E-state index contributed by atoms with van der Waals surface area (Å²) in [6.45, 7) is 3.74. The Kier molecular flexibility index (Phi) is 3.23. The fourth-order valence-electron chi connectivity index (χ4n) is 2.95. The largest absolute Gasteiger partial charge is 0.360 e. The van der Waals surface area contributed by atoms with Gasteiger partial charge in [-0.25, -0.2) is 0 Å². The molecule has 1 aliphatic heterocycles. The van der Waals surface area contributed by atoms with Gasteiger partial charge in [0.25, 0.3) is 0 Å². The minimum atomic E-state index is 0.247. The molecule has 1 aliphatic rings. The molecule has 3 heterocycles. The van der Waals surface area contributed by atoms with Crippen LogP contribution in [0.1, 0.15) is 31.7 Å². The van der Waals surface area contributed by atoms with Crippen molar-refractivity contribution in [3.05, 3.63) is 30.2 Å². The molecule has 0 radical (unpaired) electrons. The van der Waals surface area contributed by atoms with Gasteiger partial charge in [0.1, 0.15) is 0 Å². The summed E-state index contributed by atoms with van der Waals surface area (Å²) in [7, 11) is 0. The van der Waals surface area contributed by atoms with Crippen molar-refractivity contribution in [1.82, 2.24) is 14.9 Å². The fourth-order valence-corrected chi connectivity index (χ4v) is 2.95. The second-order valence-corrected chi connectivity index (χ2v) is 5.27. The van der Waals surface area contributed by atoms with Crippen molar-refractivity contribution in [2.24, 2.45) is 5.92 Å². The number of rotatable bonds is 4. The van der Waals surface area contributed by atoms with Crippen molar-refractivity contribution in [3.63, 3.8) is 0 Å². The van der Waals surface area contributed by atoms with E-state index in [4.69, 9.17) is 0 Å². The smallest absolute Gasteiger partial charge is 0.226 e. The molecule has 4 heteroatoms. The number of nitrogens with one attached hydrogen (secondary N) is 1. The number of hydrogen-bond donors (Lipinski definition) is 1. The van der Waals surface area contributed by atoms with Crippen LogP contribution in [0.15, 0.2) is 24.7 Å². The van der Waals surface area contributed by atoms with Gasteiger partial charge in [0.05, 0.1) is 11.7 Å². The normalized spacial score (nSPS) is 19.5. The Morgan fingerprint density at radius 3 is 3.26 bits per heavy atom. The number of hydrogen-bond acceptors (Lipinski definition) is 2. The van der Waals surface area contributed by atoms with Gasteiger partial charge in [-0.3, -0.25) is 9.78 Å². The van der Waals surface area contributed by atoms with Gasteiger partial charge in [-0.05, 0) is 24.5 Å². The van der Waals surface area contributed by atoms with E-state index >= 15 is 0 Å². The Labute approximate surface area is 112 Å². The highest BCUT2D eigenvalue weighted by Crippen LogP contribution is 2.26. The van der Waals surface area contributed by atoms with Gasteiger partial charge < -0.3 is 9.88 Å². The van der Waals surface area contributed by atoms with Gasteiger partial charge in [0.2, 0.25) is 5.91 Å². The van der Waals surface area contributed by atoms with E-state index in [1.54, 1.807) is 6.20 Å². The zero-order chi connectivity index (χ0) is 13.2. The Hall–Kier alpha value is -1.84. The van der Waals surface area contributed by atoms with Crippen LogP contribution < -0.4 is 0 Å². The molecule has 3 rings (SSSR count). The van der Waals surface area contributed by atoms with Crippen LogP contribution in [-0.2, 0) is 11.3 Å². The number of nitrogens with zero attached hydrogens (tertiary/aromatic N) is 2. The summed E-state index contributed by atoms with van der Waals surface area (Å²) in [6.07, 6.45) is 8.73. The lowest BCUT2D eigenvalue weighted by atomic mass is 10.0. The van der Waals surface area contributed by atoms with Crippen LogP contribution in [0.5, 0.6) is 0 Å². The maximum atomic E-state index is 12.3. The number of aromatic amines is 1. The van der Waals surface area contributed by atoms with Crippen LogP contribution in [0.3, 0.4) is 0 Å². The Bertz CT molecular complexity index is 590. The van der Waals surface area contributed by atoms with Crippen LogP contribution in [0.25, 0.3) is 10.9 Å². The molecule has 100 valence electrons. The van der Waals surface area contributed by atoms with E-state index in [0.29, 0.717) is 12.5 Å². The zero-order valence-electron chi connectivity index (χ0n) is 11.2. The maximum Gasteiger partial charge on any atom is 0.226 e. The average Bonchev–Trinajstić information content (AvgIpc) is 2.98. The van der Waals surface area contributed by atoms with Crippen molar-refractivity contribution in [2.45, 2.75) is 32.7 Å². The Balaban J connectivity index is 1.77. The molecule has 1 N–H and O–H groups in total. The summed E-state index contributed by atoms with van der Waals surface area (Å²) in [5, 5.41) is 1.17. The maximum absolute atomic E-state index is 12.3. The summed E-state index contributed by atoms with van der Waals surface area (Å²) in [5.74, 6) is 0.571. The molecular weight excluding hydrogens is 238 g/mol. The number of aromatic nitrogens is 2. The van der Waals surface area contributed by atoms with Gasteiger partial charge in [-0.15, -0.1) is 0 Å². The molecule has 1 unspecified atom stereocenters. The minimum absolute atomic E-state index is 0.247. The fraction of sp³-hybridized carbons (Fsp3) is 0.467. The molecule has 2 aromatic heterocycles. The Morgan fingerprint density at radius 1 is 1.53 bits per heavy atom. The molecule has 0 aliphatic carbocycles. The highest BCUT2D eigenvalue weighted by molar-refractivity contribution is 5.84. The second-order valence-electron chi connectivity index (χ2n) is 5.27. The first kappa shape index (κ1) is 12.2. The predicted octanol–water partition coefficient (Wildman–Crippen LogP) is 2.71. The molecule has 1 saturated heterocycles. The van der Waals surface area contributed by atoms with Crippen molar-refractivity contribution in [3.8, 4) is 0 Å². The molecule has 0 saturated carbocycles. The van der Waals surface area contributed by atoms with Crippen molar-refractivity contribution in [1.29, 1.82) is 0 Å². The molecule has 0 spiro atoms. The number of carbonyl (C=O) groups is 1. The van der Waals surface area contributed by atoms with E-state index in [-0.39, 0.29) is 5.92 Å². The van der Waals surface area contributed by atoms with Crippen molar-refractivity contribution in [2.75, 3.05) is 6.54 Å². The summed E-state index contributed by atoms with van der Waals surface area (Å²) < 4.78 is 0. The summed E-state index contributed by atoms with van der Waals surface area (Å²) in [6, 6.07) is 2.01. The van der Waals surface area contributed by atoms with E-state index in [0.717, 1.165) is 31.3 Å². The van der Waals surface area contributed by atoms with E-state index < -0.39 is 0 Å². The van der Waals surface area contributed by atoms with Gasteiger partial charge in [-0.1, -0.05) is 13.3 Å². The first-order chi connectivity index (χ1) is 9.29. The summed E-state index contributed by atoms with van der Waals surface area (Å²) in [5.41, 5.74) is 2.22. The lowest BCUT2D eigenvalue weighted by molar-refractivity contribution is -0.131. The van der Waals surface area contributed by atoms with Crippen LogP contribution in [0.4, 0.5) is 0 Å².